The molecule has 1 unspecified atom stereocenters. The average Bonchev–Trinajstić information content (AvgIpc) is 2.15. The van der Waals surface area contributed by atoms with Gasteiger partial charge in [0.1, 0.15) is 0 Å². The van der Waals surface area contributed by atoms with Gasteiger partial charge in [-0.15, -0.1) is 0 Å². The molecule has 17 heavy (non-hydrogen) atoms. The fraction of sp³-hybridized carbons (Fsp3) is 0.200. The summed E-state index contributed by atoms with van der Waals surface area (Å²) in [7, 11) is -5.77. The van der Waals surface area contributed by atoms with Gasteiger partial charge in [0.05, 0.1) is 18.6 Å². The van der Waals surface area contributed by atoms with Gasteiger partial charge in [-0.2, -0.15) is 26.7 Å². The van der Waals surface area contributed by atoms with Crippen LogP contribution in [0.3, 0.4) is 0 Å². The van der Waals surface area contributed by atoms with Crippen LogP contribution >= 0.6 is 28.4 Å². The van der Waals surface area contributed by atoms with Gasteiger partial charge in [0.25, 0.3) is 5.56 Å². The van der Waals surface area contributed by atoms with E-state index in [2.05, 4.69) is 9.28 Å². The van der Waals surface area contributed by atoms with E-state index in [1.807, 2.05) is 22.0 Å². The Morgan fingerprint density at radius 3 is 2.47 bits per heavy atom. The number of aromatic nitrogens is 2. The highest BCUT2D eigenvalue weighted by molar-refractivity contribution is 14.2. The van der Waals surface area contributed by atoms with E-state index in [9.17, 15) is 26.4 Å². The van der Waals surface area contributed by atoms with E-state index < -0.39 is 26.9 Å². The molecule has 1 atom stereocenters. The molecule has 0 saturated carbocycles. The zero-order valence-electron chi connectivity index (χ0n) is 7.60. The van der Waals surface area contributed by atoms with Gasteiger partial charge >= 0.3 is 15.6 Å². The molecule has 0 aliphatic rings. The number of alkyl halides is 3. The van der Waals surface area contributed by atoms with Gasteiger partial charge < -0.3 is 4.18 Å². The normalized spacial score (nSPS) is 13.2. The van der Waals surface area contributed by atoms with Gasteiger partial charge in [0.15, 0.2) is 5.75 Å². The second kappa shape index (κ2) is 5.06. The molecule has 0 bridgehead atoms. The fourth-order valence-corrected chi connectivity index (χ4v) is 2.45. The maximum atomic E-state index is 11.9. The lowest BCUT2D eigenvalue weighted by Gasteiger charge is -2.08. The fourth-order valence-electron chi connectivity index (χ4n) is 0.675. The molecular weight excluding hydrogens is 399 g/mol. The van der Waals surface area contributed by atoms with Crippen molar-refractivity contribution in [1.29, 1.82) is 0 Å². The van der Waals surface area contributed by atoms with Crippen LogP contribution < -0.4 is 9.74 Å². The van der Waals surface area contributed by atoms with Crippen molar-refractivity contribution >= 4 is 38.5 Å². The van der Waals surface area contributed by atoms with Crippen molar-refractivity contribution in [3.8, 4) is 5.75 Å². The predicted molar refractivity (Wildman–Crippen MR) is 61.8 cm³/mol. The average molecular weight is 402 g/mol. The lowest BCUT2D eigenvalue weighted by atomic mass is 10.5. The molecule has 96 valence electrons. The molecule has 6 nitrogen and oxygen atoms in total. The third-order valence-electron chi connectivity index (χ3n) is 1.34. The van der Waals surface area contributed by atoms with Crippen LogP contribution in [0.2, 0.25) is 0 Å². The Morgan fingerprint density at radius 1 is 1.47 bits per heavy atom. The SMILES string of the molecule is O=c1cc(OS(=O)(=O)C(F)(F)F)cnn1PI. The topological polar surface area (TPSA) is 78.3 Å². The number of hydrogen-bond donors (Lipinski definition) is 0. The maximum Gasteiger partial charge on any atom is 0.534 e. The first-order chi connectivity index (χ1) is 7.67. The van der Waals surface area contributed by atoms with Crippen molar-refractivity contribution in [2.45, 2.75) is 5.51 Å². The van der Waals surface area contributed by atoms with Gasteiger partial charge in [0, 0.05) is 0 Å². The Hall–Kier alpha value is -0.420. The van der Waals surface area contributed by atoms with Gasteiger partial charge in [-0.3, -0.25) is 4.79 Å². The Balaban J connectivity index is 3.06. The molecule has 1 heterocycles. The molecule has 1 aromatic heterocycles. The summed E-state index contributed by atoms with van der Waals surface area (Å²) in [5.41, 5.74) is -6.31. The summed E-state index contributed by atoms with van der Waals surface area (Å²) in [6, 6.07) is 0.613. The van der Waals surface area contributed by atoms with Crippen LogP contribution in [0.5, 0.6) is 5.75 Å². The zero-order chi connectivity index (χ0) is 13.3. The van der Waals surface area contributed by atoms with E-state index in [-0.39, 0.29) is 6.37 Å². The number of nitrogens with zero attached hydrogens (tertiary/aromatic N) is 2. The highest BCUT2D eigenvalue weighted by Gasteiger charge is 2.48. The molecule has 0 N–H and O–H groups in total. The largest absolute Gasteiger partial charge is 0.534 e. The molecule has 0 saturated heterocycles. The zero-order valence-corrected chi connectivity index (χ0v) is 11.6. The minimum absolute atomic E-state index is 0.0618. The molecule has 0 radical (unpaired) electrons. The number of hydrogen-bond acceptors (Lipinski definition) is 5. The van der Waals surface area contributed by atoms with Crippen molar-refractivity contribution in [3.05, 3.63) is 22.6 Å². The van der Waals surface area contributed by atoms with Crippen LogP contribution in [0, 0.1) is 0 Å². The lowest BCUT2D eigenvalue weighted by Crippen LogP contribution is -2.28. The highest BCUT2D eigenvalue weighted by atomic mass is 127. The van der Waals surface area contributed by atoms with E-state index in [4.69, 9.17) is 0 Å². The molecule has 0 aromatic carbocycles. The maximum absolute atomic E-state index is 11.9. The minimum atomic E-state index is -5.77. The van der Waals surface area contributed by atoms with Crippen LogP contribution in [-0.4, -0.2) is 23.5 Å². The summed E-state index contributed by atoms with van der Waals surface area (Å²) in [6.45, 7) is 0. The summed E-state index contributed by atoms with van der Waals surface area (Å²) in [6.07, 6.45) is 0.657. The van der Waals surface area contributed by atoms with E-state index in [0.717, 1.165) is 10.6 Å². The van der Waals surface area contributed by atoms with Crippen molar-refractivity contribution in [2.24, 2.45) is 0 Å². The number of halogens is 4. The van der Waals surface area contributed by atoms with Crippen LogP contribution in [0.15, 0.2) is 17.1 Å². The molecule has 0 fully saturated rings. The van der Waals surface area contributed by atoms with Crippen molar-refractivity contribution in [2.75, 3.05) is 0 Å². The van der Waals surface area contributed by atoms with Crippen LogP contribution in [-0.2, 0) is 10.1 Å². The highest BCUT2D eigenvalue weighted by Crippen LogP contribution is 2.26. The van der Waals surface area contributed by atoms with E-state index in [1.54, 1.807) is 0 Å². The quantitative estimate of drug-likeness (QED) is 0.330. The number of rotatable bonds is 3. The van der Waals surface area contributed by atoms with Crippen molar-refractivity contribution < 1.29 is 25.8 Å². The first kappa shape index (κ1) is 14.6. The van der Waals surface area contributed by atoms with Gasteiger partial charge in [0.2, 0.25) is 0 Å². The molecule has 0 amide bonds. The second-order valence-corrected chi connectivity index (χ2v) is 6.09. The molecule has 0 aliphatic carbocycles. The molecule has 1 rings (SSSR count). The minimum Gasteiger partial charge on any atom is -0.374 e. The third-order valence-corrected chi connectivity index (χ3v) is 4.19. The monoisotopic (exact) mass is 402 g/mol. The van der Waals surface area contributed by atoms with Crippen LogP contribution in [0.25, 0.3) is 0 Å². The van der Waals surface area contributed by atoms with Gasteiger partial charge in [-0.1, -0.05) is 0 Å². The second-order valence-electron chi connectivity index (χ2n) is 2.51. The third kappa shape index (κ3) is 3.52. The van der Waals surface area contributed by atoms with Crippen molar-refractivity contribution in [1.82, 2.24) is 9.55 Å². The standard InChI is InChI=1S/C5H3F3IN2O4PS/c6-5(7,8)17(13,14)15-3-1-4(12)11(16-9)10-2-3/h1-2,16H. The van der Waals surface area contributed by atoms with E-state index in [0.29, 0.717) is 6.07 Å². The first-order valence-corrected chi connectivity index (χ1v) is 9.11. The Labute approximate surface area is 108 Å². The summed E-state index contributed by atoms with van der Waals surface area (Å²) < 4.78 is 61.7. The lowest BCUT2D eigenvalue weighted by molar-refractivity contribution is -0.0500. The Kier molecular flexibility index (Phi) is 4.36. The smallest absolute Gasteiger partial charge is 0.374 e. The van der Waals surface area contributed by atoms with Crippen LogP contribution in [0.1, 0.15) is 0 Å². The molecule has 0 aliphatic heterocycles. The van der Waals surface area contributed by atoms with Crippen LogP contribution in [0.4, 0.5) is 13.2 Å². The summed E-state index contributed by atoms with van der Waals surface area (Å²) in [5, 5.41) is 3.42. The summed E-state index contributed by atoms with van der Waals surface area (Å²) in [4.78, 5) is 11.2. The van der Waals surface area contributed by atoms with E-state index >= 15 is 0 Å². The Morgan fingerprint density at radius 2 is 2.06 bits per heavy atom. The molecule has 1 aromatic rings. The summed E-state index contributed by atoms with van der Waals surface area (Å²) >= 11 is 1.82. The molecule has 12 heteroatoms. The van der Waals surface area contributed by atoms with Gasteiger partial charge in [-0.25, -0.2) is 4.45 Å². The predicted octanol–water partition coefficient (Wildman–Crippen LogP) is 1.26. The van der Waals surface area contributed by atoms with Crippen molar-refractivity contribution in [3.63, 3.8) is 0 Å². The molecule has 0 spiro atoms. The van der Waals surface area contributed by atoms with E-state index in [1.165, 1.54) is 0 Å². The van der Waals surface area contributed by atoms with Gasteiger partial charge in [-0.05, 0) is 22.0 Å². The molecular formula is C5H3F3IN2O4PS. The summed E-state index contributed by atoms with van der Waals surface area (Å²) in [5.74, 6) is -0.779. The Bertz CT molecular complexity index is 571. The first-order valence-electron chi connectivity index (χ1n) is 3.64.